The number of non-ortho nitro benzene ring substituents is 1. The van der Waals surface area contributed by atoms with E-state index >= 15 is 0 Å². The SMILES string of the molecule is COC(=O)C1=C(C)N(CCO)C(C)=C(C(=O)OC)C1c1cccc([N+](=O)[O-])c1. The summed E-state index contributed by atoms with van der Waals surface area (Å²) in [6.07, 6.45) is 0. The van der Waals surface area contributed by atoms with Crippen molar-refractivity contribution < 1.29 is 29.1 Å². The fourth-order valence-corrected chi connectivity index (χ4v) is 3.44. The number of benzene rings is 1. The number of hydrogen-bond acceptors (Lipinski definition) is 8. The fraction of sp³-hybridized carbons (Fsp3) is 0.368. The number of rotatable bonds is 6. The van der Waals surface area contributed by atoms with Crippen LogP contribution in [0.25, 0.3) is 0 Å². The summed E-state index contributed by atoms with van der Waals surface area (Å²) in [5, 5.41) is 20.6. The minimum Gasteiger partial charge on any atom is -0.466 e. The van der Waals surface area contributed by atoms with Gasteiger partial charge in [0.15, 0.2) is 0 Å². The number of ether oxygens (including phenoxy) is 2. The van der Waals surface area contributed by atoms with Crippen molar-refractivity contribution in [2.75, 3.05) is 27.4 Å². The van der Waals surface area contributed by atoms with E-state index in [2.05, 4.69) is 0 Å². The first-order chi connectivity index (χ1) is 13.3. The number of methoxy groups -OCH3 is 2. The number of aliphatic hydroxyl groups excluding tert-OH is 1. The Hall–Kier alpha value is -3.20. The molecule has 0 bridgehead atoms. The van der Waals surface area contributed by atoms with Crippen molar-refractivity contribution in [3.8, 4) is 0 Å². The highest BCUT2D eigenvalue weighted by molar-refractivity contribution is 5.99. The molecule has 0 saturated carbocycles. The Morgan fingerprint density at radius 2 is 1.68 bits per heavy atom. The van der Waals surface area contributed by atoms with Gasteiger partial charge in [-0.05, 0) is 19.4 Å². The molecule has 0 aliphatic carbocycles. The molecule has 0 radical (unpaired) electrons. The van der Waals surface area contributed by atoms with Gasteiger partial charge in [0.05, 0.1) is 42.8 Å². The smallest absolute Gasteiger partial charge is 0.336 e. The topological polar surface area (TPSA) is 119 Å². The van der Waals surface area contributed by atoms with Crippen molar-refractivity contribution in [3.05, 3.63) is 62.5 Å². The van der Waals surface area contributed by atoms with Gasteiger partial charge in [0.25, 0.3) is 5.69 Å². The molecule has 1 aliphatic rings. The average molecular weight is 390 g/mol. The predicted octanol–water partition coefficient (Wildman–Crippen LogP) is 1.88. The van der Waals surface area contributed by atoms with Crippen LogP contribution in [0.1, 0.15) is 25.3 Å². The highest BCUT2D eigenvalue weighted by atomic mass is 16.6. The van der Waals surface area contributed by atoms with E-state index in [1.165, 1.54) is 32.4 Å². The van der Waals surface area contributed by atoms with Gasteiger partial charge in [0, 0.05) is 30.1 Å². The highest BCUT2D eigenvalue weighted by Gasteiger charge is 2.40. The number of carbonyl (C=O) groups is 2. The van der Waals surface area contributed by atoms with Crippen LogP contribution < -0.4 is 0 Å². The molecule has 0 amide bonds. The number of hydrogen-bond donors (Lipinski definition) is 1. The van der Waals surface area contributed by atoms with Crippen LogP contribution in [0.2, 0.25) is 0 Å². The molecule has 1 aromatic rings. The van der Waals surface area contributed by atoms with E-state index in [-0.39, 0.29) is 30.0 Å². The zero-order chi connectivity index (χ0) is 21.0. The molecule has 2 rings (SSSR count). The number of nitro groups is 1. The second-order valence-electron chi connectivity index (χ2n) is 6.14. The minimum absolute atomic E-state index is 0.153. The monoisotopic (exact) mass is 390 g/mol. The third-order valence-corrected chi connectivity index (χ3v) is 4.72. The minimum atomic E-state index is -0.908. The fourth-order valence-electron chi connectivity index (χ4n) is 3.44. The maximum absolute atomic E-state index is 12.6. The van der Waals surface area contributed by atoms with Gasteiger partial charge in [0.2, 0.25) is 0 Å². The van der Waals surface area contributed by atoms with Gasteiger partial charge in [-0.25, -0.2) is 9.59 Å². The number of nitrogens with zero attached hydrogens (tertiary/aromatic N) is 2. The van der Waals surface area contributed by atoms with Crippen molar-refractivity contribution in [2.45, 2.75) is 19.8 Å². The normalized spacial score (nSPS) is 15.0. The van der Waals surface area contributed by atoms with E-state index in [4.69, 9.17) is 9.47 Å². The van der Waals surface area contributed by atoms with Gasteiger partial charge >= 0.3 is 11.9 Å². The van der Waals surface area contributed by atoms with Crippen molar-refractivity contribution in [1.82, 2.24) is 4.90 Å². The summed E-state index contributed by atoms with van der Waals surface area (Å²) in [5.41, 5.74) is 1.51. The van der Waals surface area contributed by atoms with Gasteiger partial charge in [-0.2, -0.15) is 0 Å². The molecular formula is C19H22N2O7. The maximum Gasteiger partial charge on any atom is 0.336 e. The molecule has 28 heavy (non-hydrogen) atoms. The van der Waals surface area contributed by atoms with Crippen LogP contribution in [0.5, 0.6) is 0 Å². The van der Waals surface area contributed by atoms with Crippen LogP contribution in [-0.2, 0) is 19.1 Å². The lowest BCUT2D eigenvalue weighted by Crippen LogP contribution is -2.36. The number of allylic oxidation sites excluding steroid dienone is 2. The van der Waals surface area contributed by atoms with Crippen molar-refractivity contribution in [1.29, 1.82) is 0 Å². The second-order valence-corrected chi connectivity index (χ2v) is 6.14. The van der Waals surface area contributed by atoms with E-state index in [0.717, 1.165) is 0 Å². The lowest BCUT2D eigenvalue weighted by molar-refractivity contribution is -0.384. The van der Waals surface area contributed by atoms with Gasteiger partial charge in [-0.1, -0.05) is 12.1 Å². The van der Waals surface area contributed by atoms with Gasteiger partial charge in [-0.3, -0.25) is 10.1 Å². The Labute approximate surface area is 162 Å². The van der Waals surface area contributed by atoms with E-state index in [1.807, 2.05) is 0 Å². The second kappa shape index (κ2) is 8.66. The van der Waals surface area contributed by atoms with Crippen molar-refractivity contribution in [3.63, 3.8) is 0 Å². The zero-order valence-corrected chi connectivity index (χ0v) is 16.1. The molecule has 0 aromatic heterocycles. The third-order valence-electron chi connectivity index (χ3n) is 4.72. The van der Waals surface area contributed by atoms with E-state index in [9.17, 15) is 24.8 Å². The molecule has 1 N–H and O–H groups in total. The van der Waals surface area contributed by atoms with Crippen LogP contribution in [0.3, 0.4) is 0 Å². The summed E-state index contributed by atoms with van der Waals surface area (Å²) in [5.74, 6) is -2.26. The highest BCUT2D eigenvalue weighted by Crippen LogP contribution is 2.43. The summed E-state index contributed by atoms with van der Waals surface area (Å²) in [4.78, 5) is 37.5. The summed E-state index contributed by atoms with van der Waals surface area (Å²) < 4.78 is 9.84. The number of nitro benzene ring substituents is 1. The van der Waals surface area contributed by atoms with Crippen LogP contribution in [0, 0.1) is 10.1 Å². The Bertz CT molecular complexity index is 833. The number of esters is 2. The maximum atomic E-state index is 12.6. The standard InChI is InChI=1S/C19H22N2O7/c1-11-15(18(23)27-3)17(13-6-5-7-14(10-13)21(25)26)16(19(24)28-4)12(2)20(11)8-9-22/h5-7,10,17,22H,8-9H2,1-4H3. The van der Waals surface area contributed by atoms with Crippen LogP contribution in [0.4, 0.5) is 5.69 Å². The van der Waals surface area contributed by atoms with Gasteiger partial charge in [0.1, 0.15) is 0 Å². The quantitative estimate of drug-likeness (QED) is 0.444. The molecular weight excluding hydrogens is 368 g/mol. The lowest BCUT2D eigenvalue weighted by atomic mass is 9.79. The van der Waals surface area contributed by atoms with E-state index in [1.54, 1.807) is 24.8 Å². The molecule has 1 aromatic carbocycles. The number of β-amino-alcohol motifs (C(OH)–C–C–N with tert-alkyl or cyclic N) is 1. The third kappa shape index (κ3) is 3.74. The number of carbonyl (C=O) groups excluding carboxylic acids is 2. The van der Waals surface area contributed by atoms with Gasteiger partial charge in [-0.15, -0.1) is 0 Å². The Kier molecular flexibility index (Phi) is 6.53. The molecule has 0 spiro atoms. The van der Waals surface area contributed by atoms with E-state index < -0.39 is 22.8 Å². The predicted molar refractivity (Wildman–Crippen MR) is 99.1 cm³/mol. The molecule has 9 nitrogen and oxygen atoms in total. The lowest BCUT2D eigenvalue weighted by Gasteiger charge is -2.37. The molecule has 1 heterocycles. The van der Waals surface area contributed by atoms with Crippen LogP contribution in [0.15, 0.2) is 46.8 Å². The first-order valence-corrected chi connectivity index (χ1v) is 8.49. The summed E-state index contributed by atoms with van der Waals surface area (Å²) in [7, 11) is 2.43. The summed E-state index contributed by atoms with van der Waals surface area (Å²) in [6.45, 7) is 3.28. The molecule has 0 unspecified atom stereocenters. The largest absolute Gasteiger partial charge is 0.466 e. The van der Waals surface area contributed by atoms with Gasteiger partial charge < -0.3 is 19.5 Å². The average Bonchev–Trinajstić information content (AvgIpc) is 2.69. The first-order valence-electron chi connectivity index (χ1n) is 8.49. The number of aliphatic hydroxyl groups is 1. The molecule has 0 fully saturated rings. The van der Waals surface area contributed by atoms with E-state index in [0.29, 0.717) is 17.0 Å². The van der Waals surface area contributed by atoms with Crippen molar-refractivity contribution >= 4 is 17.6 Å². The summed E-state index contributed by atoms with van der Waals surface area (Å²) in [6, 6.07) is 5.74. The Morgan fingerprint density at radius 3 is 2.11 bits per heavy atom. The Balaban J connectivity index is 2.81. The zero-order valence-electron chi connectivity index (χ0n) is 16.1. The summed E-state index contributed by atoms with van der Waals surface area (Å²) >= 11 is 0. The molecule has 0 atom stereocenters. The molecule has 1 aliphatic heterocycles. The molecule has 150 valence electrons. The van der Waals surface area contributed by atoms with Crippen LogP contribution >= 0.6 is 0 Å². The molecule has 9 heteroatoms. The Morgan fingerprint density at radius 1 is 1.14 bits per heavy atom. The van der Waals surface area contributed by atoms with Crippen LogP contribution in [-0.4, -0.2) is 54.2 Å². The first kappa shape index (κ1) is 21.1. The molecule has 0 saturated heterocycles. The van der Waals surface area contributed by atoms with Crippen molar-refractivity contribution in [2.24, 2.45) is 0 Å².